The van der Waals surface area contributed by atoms with E-state index in [1.807, 2.05) is 0 Å². The van der Waals surface area contributed by atoms with Gasteiger partial charge in [-0.1, -0.05) is 0 Å². The Balaban J connectivity index is 3.10. The Kier molecular flexibility index (Phi) is 5.51. The lowest BCUT2D eigenvalue weighted by Gasteiger charge is -2.26. The molecule has 0 spiro atoms. The van der Waals surface area contributed by atoms with Crippen LogP contribution in [0.3, 0.4) is 0 Å². The third kappa shape index (κ3) is 3.77. The summed E-state index contributed by atoms with van der Waals surface area (Å²) in [7, 11) is -2.78. The van der Waals surface area contributed by atoms with E-state index >= 15 is 0 Å². The van der Waals surface area contributed by atoms with Crippen molar-refractivity contribution in [3.8, 4) is 0 Å². The van der Waals surface area contributed by atoms with E-state index in [-0.39, 0.29) is 11.6 Å². The summed E-state index contributed by atoms with van der Waals surface area (Å²) in [6, 6.07) is 0.561. The Morgan fingerprint density at radius 1 is 0.947 bits per heavy atom. The van der Waals surface area contributed by atoms with Crippen LogP contribution in [0.25, 0.3) is 0 Å². The van der Waals surface area contributed by atoms with Crippen LogP contribution in [0.2, 0.25) is 6.55 Å². The van der Waals surface area contributed by atoms with Crippen molar-refractivity contribution in [3.05, 3.63) is 34.9 Å². The molecule has 0 N–H and O–H groups in total. The van der Waals surface area contributed by atoms with E-state index in [1.54, 1.807) is 20.4 Å². The smallest absolute Gasteiger partial charge is 0.339 e. The van der Waals surface area contributed by atoms with Crippen molar-refractivity contribution in [3.63, 3.8) is 0 Å². The molecular weight excluding hydrogens is 280 g/mol. The SMILES string of the molecule is CCO[Si](C)(Cc1cc(F)c(F)c(F)c1F)OCC. The minimum Gasteiger partial charge on any atom is -0.394 e. The molecular formula is C12H16F4O2Si. The summed E-state index contributed by atoms with van der Waals surface area (Å²) in [6.45, 7) is 5.84. The quantitative estimate of drug-likeness (QED) is 0.346. The molecule has 0 aromatic heterocycles. The predicted molar refractivity (Wildman–Crippen MR) is 64.8 cm³/mol. The highest BCUT2D eigenvalue weighted by Crippen LogP contribution is 2.23. The second-order valence-electron chi connectivity index (χ2n) is 4.14. The highest BCUT2D eigenvalue weighted by molar-refractivity contribution is 6.65. The number of benzene rings is 1. The monoisotopic (exact) mass is 296 g/mol. The zero-order valence-corrected chi connectivity index (χ0v) is 12.0. The maximum atomic E-state index is 13.6. The first-order chi connectivity index (χ1) is 8.84. The Hall–Kier alpha value is -0.923. The van der Waals surface area contributed by atoms with Crippen molar-refractivity contribution in [1.82, 2.24) is 0 Å². The summed E-state index contributed by atoms with van der Waals surface area (Å²) in [4.78, 5) is 0. The Morgan fingerprint density at radius 3 is 1.95 bits per heavy atom. The largest absolute Gasteiger partial charge is 0.394 e. The molecule has 0 heterocycles. The van der Waals surface area contributed by atoms with E-state index in [1.165, 1.54) is 0 Å². The zero-order valence-electron chi connectivity index (χ0n) is 11.0. The fraction of sp³-hybridized carbons (Fsp3) is 0.500. The van der Waals surface area contributed by atoms with Crippen LogP contribution in [-0.4, -0.2) is 21.8 Å². The summed E-state index contributed by atoms with van der Waals surface area (Å²) in [5.41, 5.74) is -0.271. The lowest BCUT2D eigenvalue weighted by atomic mass is 10.2. The zero-order chi connectivity index (χ0) is 14.6. The molecule has 0 unspecified atom stereocenters. The first kappa shape index (κ1) is 16.1. The molecule has 7 heteroatoms. The lowest BCUT2D eigenvalue weighted by Crippen LogP contribution is -2.42. The normalized spacial score (nSPS) is 11.9. The lowest BCUT2D eigenvalue weighted by molar-refractivity contribution is 0.188. The summed E-state index contributed by atoms with van der Waals surface area (Å²) in [6.07, 6.45) is 0. The molecule has 0 bridgehead atoms. The highest BCUT2D eigenvalue weighted by atomic mass is 28.4. The molecule has 1 aromatic carbocycles. The standard InChI is InChI=1S/C12H16F4O2Si/c1-4-17-19(3,18-5-2)7-8-6-9(13)11(15)12(16)10(8)14/h6H,4-5,7H2,1-3H3. The van der Waals surface area contributed by atoms with Crippen LogP contribution in [-0.2, 0) is 14.9 Å². The molecule has 0 amide bonds. The molecule has 0 aliphatic rings. The van der Waals surface area contributed by atoms with Gasteiger partial charge in [-0.2, -0.15) is 0 Å². The van der Waals surface area contributed by atoms with Crippen LogP contribution < -0.4 is 0 Å². The average molecular weight is 296 g/mol. The molecule has 0 radical (unpaired) electrons. The minimum atomic E-state index is -2.78. The van der Waals surface area contributed by atoms with Crippen LogP contribution in [0.5, 0.6) is 0 Å². The first-order valence-electron chi connectivity index (χ1n) is 5.94. The van der Waals surface area contributed by atoms with Crippen LogP contribution in [0.1, 0.15) is 19.4 Å². The topological polar surface area (TPSA) is 18.5 Å². The highest BCUT2D eigenvalue weighted by Gasteiger charge is 2.34. The van der Waals surface area contributed by atoms with E-state index in [0.717, 1.165) is 0 Å². The second-order valence-corrected chi connectivity index (χ2v) is 7.33. The van der Waals surface area contributed by atoms with Crippen molar-refractivity contribution in [1.29, 1.82) is 0 Å². The summed E-state index contributed by atoms with van der Waals surface area (Å²) in [5, 5.41) is 0. The Morgan fingerprint density at radius 2 is 1.47 bits per heavy atom. The maximum absolute atomic E-state index is 13.6. The van der Waals surface area contributed by atoms with Gasteiger partial charge in [-0.05, 0) is 32.0 Å². The molecule has 1 aromatic rings. The summed E-state index contributed by atoms with van der Waals surface area (Å²) in [5.74, 6) is -6.42. The average Bonchev–Trinajstić information content (AvgIpc) is 2.34. The van der Waals surface area contributed by atoms with Gasteiger partial charge in [0.05, 0.1) is 0 Å². The molecule has 0 atom stereocenters. The van der Waals surface area contributed by atoms with Gasteiger partial charge in [0.25, 0.3) is 0 Å². The minimum absolute atomic E-state index is 0.0887. The van der Waals surface area contributed by atoms with Gasteiger partial charge in [0.15, 0.2) is 23.3 Å². The predicted octanol–water partition coefficient (Wildman–Crippen LogP) is 3.47. The number of hydrogen-bond acceptors (Lipinski definition) is 2. The van der Waals surface area contributed by atoms with Crippen molar-refractivity contribution >= 4 is 8.56 Å². The molecule has 0 saturated carbocycles. The van der Waals surface area contributed by atoms with Crippen LogP contribution >= 0.6 is 0 Å². The van der Waals surface area contributed by atoms with Crippen LogP contribution in [0, 0.1) is 23.3 Å². The Labute approximate surface area is 110 Å². The van der Waals surface area contributed by atoms with Gasteiger partial charge in [-0.3, -0.25) is 0 Å². The van der Waals surface area contributed by atoms with Gasteiger partial charge in [-0.15, -0.1) is 0 Å². The van der Waals surface area contributed by atoms with Gasteiger partial charge < -0.3 is 8.85 Å². The fourth-order valence-corrected chi connectivity index (χ4v) is 4.31. The van der Waals surface area contributed by atoms with Gasteiger partial charge in [-0.25, -0.2) is 17.6 Å². The van der Waals surface area contributed by atoms with Crippen molar-refractivity contribution < 1.29 is 26.4 Å². The van der Waals surface area contributed by atoms with Crippen molar-refractivity contribution in [2.24, 2.45) is 0 Å². The second kappa shape index (κ2) is 6.49. The van der Waals surface area contributed by atoms with E-state index in [9.17, 15) is 17.6 Å². The van der Waals surface area contributed by atoms with Crippen molar-refractivity contribution in [2.75, 3.05) is 13.2 Å². The van der Waals surface area contributed by atoms with Crippen molar-refractivity contribution in [2.45, 2.75) is 26.4 Å². The van der Waals surface area contributed by atoms with Gasteiger partial charge in [0.2, 0.25) is 0 Å². The fourth-order valence-electron chi connectivity index (χ4n) is 1.85. The number of rotatable bonds is 6. The van der Waals surface area contributed by atoms with Crippen LogP contribution in [0.15, 0.2) is 6.07 Å². The first-order valence-corrected chi connectivity index (χ1v) is 8.46. The molecule has 0 aliphatic heterocycles. The molecule has 19 heavy (non-hydrogen) atoms. The van der Waals surface area contributed by atoms with Gasteiger partial charge >= 0.3 is 8.56 Å². The molecule has 0 aliphatic carbocycles. The molecule has 1 rings (SSSR count). The number of halogens is 4. The summed E-state index contributed by atoms with van der Waals surface area (Å²) < 4.78 is 63.6. The van der Waals surface area contributed by atoms with E-state index in [0.29, 0.717) is 19.3 Å². The Bertz CT molecular complexity index is 448. The van der Waals surface area contributed by atoms with Crippen LogP contribution in [0.4, 0.5) is 17.6 Å². The van der Waals surface area contributed by atoms with E-state index < -0.39 is 31.8 Å². The van der Waals surface area contributed by atoms with E-state index in [4.69, 9.17) is 8.85 Å². The number of hydrogen-bond donors (Lipinski definition) is 0. The van der Waals surface area contributed by atoms with Gasteiger partial charge in [0, 0.05) is 19.3 Å². The molecule has 0 fully saturated rings. The molecule has 108 valence electrons. The molecule has 0 saturated heterocycles. The summed E-state index contributed by atoms with van der Waals surface area (Å²) >= 11 is 0. The third-order valence-corrected chi connectivity index (χ3v) is 5.41. The maximum Gasteiger partial charge on any atom is 0.339 e. The van der Waals surface area contributed by atoms with E-state index in [2.05, 4.69) is 0 Å². The van der Waals surface area contributed by atoms with Gasteiger partial charge in [0.1, 0.15) is 0 Å². The molecule has 2 nitrogen and oxygen atoms in total. The third-order valence-electron chi connectivity index (χ3n) is 2.59.